The van der Waals surface area contributed by atoms with Crippen molar-refractivity contribution in [3.05, 3.63) is 87.7 Å². The third-order valence-electron chi connectivity index (χ3n) is 6.27. The summed E-state index contributed by atoms with van der Waals surface area (Å²) in [5.74, 6) is -1.08. The lowest BCUT2D eigenvalue weighted by atomic mass is 9.83. The van der Waals surface area contributed by atoms with E-state index in [1.807, 2.05) is 18.2 Å². The van der Waals surface area contributed by atoms with E-state index in [1.165, 1.54) is 25.1 Å². The van der Waals surface area contributed by atoms with Gasteiger partial charge in [-0.15, -0.1) is 0 Å². The van der Waals surface area contributed by atoms with Crippen LogP contribution in [0.4, 0.5) is 0 Å². The Labute approximate surface area is 213 Å². The van der Waals surface area contributed by atoms with Gasteiger partial charge in [0.2, 0.25) is 5.72 Å². The number of hydrogen-bond donors (Lipinski definition) is 2. The van der Waals surface area contributed by atoms with E-state index in [0.717, 1.165) is 5.56 Å². The van der Waals surface area contributed by atoms with Crippen molar-refractivity contribution in [3.8, 4) is 11.1 Å². The van der Waals surface area contributed by atoms with Crippen molar-refractivity contribution in [3.63, 3.8) is 0 Å². The number of ether oxygens (including phenoxy) is 1. The van der Waals surface area contributed by atoms with Crippen molar-refractivity contribution in [2.75, 3.05) is 13.7 Å². The highest BCUT2D eigenvalue weighted by Gasteiger charge is 2.64. The van der Waals surface area contributed by atoms with Gasteiger partial charge in [-0.3, -0.25) is 19.5 Å². The highest BCUT2D eigenvalue weighted by Crippen LogP contribution is 2.50. The summed E-state index contributed by atoms with van der Waals surface area (Å²) >= 11 is 12.1. The number of halogens is 2. The normalized spacial score (nSPS) is 18.8. The van der Waals surface area contributed by atoms with Crippen LogP contribution in [0.25, 0.3) is 11.1 Å². The summed E-state index contributed by atoms with van der Waals surface area (Å²) in [5, 5.41) is 15.4. The molecule has 3 aromatic rings. The predicted molar refractivity (Wildman–Crippen MR) is 134 cm³/mol. The molecule has 0 bridgehead atoms. The fourth-order valence-corrected chi connectivity index (χ4v) is 4.87. The molecule has 9 heteroatoms. The molecule has 2 heterocycles. The Hall–Kier alpha value is -2.97. The van der Waals surface area contributed by atoms with Gasteiger partial charge in [0.25, 0.3) is 11.8 Å². The number of nitrogens with one attached hydrogen (secondary N) is 1. The molecular formula is C26H25Cl2N3O4. The molecule has 1 aliphatic rings. The van der Waals surface area contributed by atoms with E-state index in [1.54, 1.807) is 43.3 Å². The molecule has 2 N–H and O–H groups in total. The van der Waals surface area contributed by atoms with E-state index >= 15 is 0 Å². The highest BCUT2D eigenvalue weighted by atomic mass is 35.5. The minimum atomic E-state index is -2.15. The molecule has 0 spiro atoms. The molecule has 0 saturated heterocycles. The van der Waals surface area contributed by atoms with Gasteiger partial charge in [-0.2, -0.15) is 0 Å². The molecule has 4 rings (SSSR count). The number of amides is 2. The number of benzene rings is 2. The molecule has 0 fully saturated rings. The molecule has 35 heavy (non-hydrogen) atoms. The summed E-state index contributed by atoms with van der Waals surface area (Å²) in [4.78, 5) is 32.9. The Morgan fingerprint density at radius 2 is 1.83 bits per heavy atom. The summed E-state index contributed by atoms with van der Waals surface area (Å²) < 4.78 is 5.97. The van der Waals surface area contributed by atoms with Crippen molar-refractivity contribution < 1.29 is 19.4 Å². The lowest BCUT2D eigenvalue weighted by molar-refractivity contribution is -0.229. The second-order valence-corrected chi connectivity index (χ2v) is 9.25. The number of aromatic nitrogens is 1. The van der Waals surface area contributed by atoms with E-state index in [-0.39, 0.29) is 6.54 Å². The minimum absolute atomic E-state index is 0.0336. The van der Waals surface area contributed by atoms with Gasteiger partial charge < -0.3 is 15.2 Å². The number of likely N-dealkylation sites (N-methyl/N-ethyl adjacent to an activating group) is 1. The first-order valence-electron chi connectivity index (χ1n) is 11.0. The molecule has 1 unspecified atom stereocenters. The standard InChI is InChI=1S/C26H25Cl2N3O4/c1-4-29-24(33)25(2,34)26(35-3)21-7-5-6-20(16-8-10-17(27)11-9-16)22(21)23(32)31(26)15-19-13-12-18(28)14-30-19/h5-14,34H,4,15H2,1-3H3,(H,29,33)/t25?,26-/m1/s1. The fourth-order valence-electron chi connectivity index (χ4n) is 4.63. The van der Waals surface area contributed by atoms with Crippen LogP contribution in [0.5, 0.6) is 0 Å². The van der Waals surface area contributed by atoms with Crippen LogP contribution in [0, 0.1) is 0 Å². The van der Waals surface area contributed by atoms with Gasteiger partial charge in [0.1, 0.15) is 0 Å². The summed E-state index contributed by atoms with van der Waals surface area (Å²) in [6.45, 7) is 3.35. The van der Waals surface area contributed by atoms with Crippen molar-refractivity contribution in [1.29, 1.82) is 0 Å². The number of pyridine rings is 1. The van der Waals surface area contributed by atoms with Gasteiger partial charge in [-0.05, 0) is 49.2 Å². The average molecular weight is 514 g/mol. The van der Waals surface area contributed by atoms with E-state index in [4.69, 9.17) is 27.9 Å². The average Bonchev–Trinajstić information content (AvgIpc) is 3.10. The Morgan fingerprint density at radius 1 is 1.14 bits per heavy atom. The third kappa shape index (κ3) is 4.08. The van der Waals surface area contributed by atoms with Crippen LogP contribution in [-0.2, 0) is 21.8 Å². The number of carbonyl (C=O) groups excluding carboxylic acids is 2. The fraction of sp³-hybridized carbons (Fsp3) is 0.269. The zero-order chi connectivity index (χ0) is 25.4. The number of hydrogen-bond acceptors (Lipinski definition) is 5. The lowest BCUT2D eigenvalue weighted by Crippen LogP contribution is -2.65. The van der Waals surface area contributed by atoms with E-state index in [9.17, 15) is 14.7 Å². The smallest absolute Gasteiger partial charge is 0.257 e. The van der Waals surface area contributed by atoms with Gasteiger partial charge in [0.05, 0.1) is 22.8 Å². The van der Waals surface area contributed by atoms with Crippen LogP contribution in [-0.4, -0.2) is 46.1 Å². The van der Waals surface area contributed by atoms with Gasteiger partial charge in [-0.25, -0.2) is 0 Å². The monoisotopic (exact) mass is 513 g/mol. The summed E-state index contributed by atoms with van der Waals surface area (Å²) in [5.41, 5.74) is -1.38. The molecule has 2 aromatic carbocycles. The van der Waals surface area contributed by atoms with Crippen molar-refractivity contribution in [2.24, 2.45) is 0 Å². The molecule has 182 valence electrons. The van der Waals surface area contributed by atoms with Crippen LogP contribution in [0.2, 0.25) is 10.0 Å². The van der Waals surface area contributed by atoms with Crippen molar-refractivity contribution >= 4 is 35.0 Å². The van der Waals surface area contributed by atoms with Crippen LogP contribution >= 0.6 is 23.2 Å². The number of fused-ring (bicyclic) bond motifs is 1. The number of nitrogens with zero attached hydrogens (tertiary/aromatic N) is 2. The molecule has 2 atom stereocenters. The second kappa shape index (κ2) is 9.59. The third-order valence-corrected chi connectivity index (χ3v) is 6.74. The van der Waals surface area contributed by atoms with Crippen LogP contribution in [0.1, 0.15) is 35.5 Å². The Bertz CT molecular complexity index is 1260. The summed E-state index contributed by atoms with van der Waals surface area (Å²) in [6, 6.07) is 15.7. The van der Waals surface area contributed by atoms with Gasteiger partial charge >= 0.3 is 0 Å². The van der Waals surface area contributed by atoms with Crippen molar-refractivity contribution in [2.45, 2.75) is 31.7 Å². The molecule has 0 aliphatic carbocycles. The van der Waals surface area contributed by atoms with Crippen molar-refractivity contribution in [1.82, 2.24) is 15.2 Å². The maximum Gasteiger partial charge on any atom is 0.257 e. The first-order chi connectivity index (χ1) is 16.7. The number of aliphatic hydroxyl groups is 1. The molecule has 7 nitrogen and oxygen atoms in total. The summed E-state index contributed by atoms with van der Waals surface area (Å²) in [6.07, 6.45) is 1.47. The molecule has 0 saturated carbocycles. The maximum absolute atomic E-state index is 14.1. The van der Waals surface area contributed by atoms with Crippen LogP contribution < -0.4 is 5.32 Å². The number of methoxy groups -OCH3 is 1. The molecule has 0 radical (unpaired) electrons. The zero-order valence-corrected chi connectivity index (χ0v) is 21.0. The number of rotatable bonds is 7. The first-order valence-corrected chi connectivity index (χ1v) is 11.8. The second-order valence-electron chi connectivity index (χ2n) is 8.37. The molecule has 1 aromatic heterocycles. The summed E-state index contributed by atoms with van der Waals surface area (Å²) in [7, 11) is 1.37. The van der Waals surface area contributed by atoms with Gasteiger partial charge in [0, 0.05) is 30.4 Å². The van der Waals surface area contributed by atoms with E-state index in [0.29, 0.717) is 39.0 Å². The predicted octanol–water partition coefficient (Wildman–Crippen LogP) is 4.40. The van der Waals surface area contributed by atoms with Crippen LogP contribution in [0.3, 0.4) is 0 Å². The maximum atomic E-state index is 14.1. The topological polar surface area (TPSA) is 91.8 Å². The number of carbonyl (C=O) groups is 2. The minimum Gasteiger partial charge on any atom is -0.376 e. The quantitative estimate of drug-likeness (QED) is 0.488. The first kappa shape index (κ1) is 25.1. The van der Waals surface area contributed by atoms with Gasteiger partial charge in [0.15, 0.2) is 5.60 Å². The Balaban J connectivity index is 1.96. The highest BCUT2D eigenvalue weighted by molar-refractivity contribution is 6.30. The van der Waals surface area contributed by atoms with E-state index in [2.05, 4.69) is 10.3 Å². The Kier molecular flexibility index (Phi) is 6.88. The SMILES string of the molecule is CCNC(=O)C(C)(O)[C@]1(OC)c2cccc(-c3ccc(Cl)cc3)c2C(=O)N1Cc1ccc(Cl)cn1. The molecular weight excluding hydrogens is 489 g/mol. The van der Waals surface area contributed by atoms with Crippen LogP contribution in [0.15, 0.2) is 60.8 Å². The lowest BCUT2D eigenvalue weighted by Gasteiger charge is -2.46. The van der Waals surface area contributed by atoms with Gasteiger partial charge in [-0.1, -0.05) is 53.5 Å². The molecule has 1 aliphatic heterocycles. The molecule has 2 amide bonds. The zero-order valence-electron chi connectivity index (χ0n) is 19.5. The largest absolute Gasteiger partial charge is 0.376 e. The Morgan fingerprint density at radius 3 is 2.43 bits per heavy atom. The van der Waals surface area contributed by atoms with E-state index < -0.39 is 23.1 Å².